The molecule has 0 aliphatic rings. The van der Waals surface area contributed by atoms with Crippen molar-refractivity contribution in [3.8, 4) is 11.5 Å². The molecule has 3 nitrogen and oxygen atoms in total. The van der Waals surface area contributed by atoms with Crippen molar-refractivity contribution >= 4 is 0 Å². The van der Waals surface area contributed by atoms with E-state index in [2.05, 4.69) is 37.9 Å². The normalized spacial score (nSPS) is 10.8. The summed E-state index contributed by atoms with van der Waals surface area (Å²) in [4.78, 5) is 4.08. The highest BCUT2D eigenvalue weighted by molar-refractivity contribution is 5.40. The van der Waals surface area contributed by atoms with Gasteiger partial charge in [-0.25, -0.2) is 0 Å². The summed E-state index contributed by atoms with van der Waals surface area (Å²) >= 11 is 0. The summed E-state index contributed by atoms with van der Waals surface area (Å²) in [5.74, 6) is 2.07. The van der Waals surface area contributed by atoms with E-state index < -0.39 is 0 Å². The van der Waals surface area contributed by atoms with Crippen LogP contribution in [0.15, 0.2) is 36.7 Å². The highest BCUT2D eigenvalue weighted by Crippen LogP contribution is 2.28. The molecule has 0 spiro atoms. The molecule has 100 valence electrons. The number of nitrogens with two attached hydrogens (primary N) is 1. The van der Waals surface area contributed by atoms with Crippen molar-refractivity contribution < 1.29 is 4.74 Å². The second-order valence-corrected chi connectivity index (χ2v) is 4.96. The van der Waals surface area contributed by atoms with Crippen LogP contribution in [0.2, 0.25) is 0 Å². The van der Waals surface area contributed by atoms with Gasteiger partial charge in [-0.3, -0.25) is 4.98 Å². The second kappa shape index (κ2) is 5.85. The van der Waals surface area contributed by atoms with E-state index in [4.69, 9.17) is 10.5 Å². The van der Waals surface area contributed by atoms with Gasteiger partial charge in [-0.05, 0) is 42.2 Å². The Bertz CT molecular complexity index is 564. The number of ether oxygens (including phenoxy) is 1. The Labute approximate surface area is 114 Å². The Hall–Kier alpha value is -1.87. The van der Waals surface area contributed by atoms with Gasteiger partial charge in [0.25, 0.3) is 0 Å². The van der Waals surface area contributed by atoms with Gasteiger partial charge in [0.05, 0.1) is 6.20 Å². The average Bonchev–Trinajstić information content (AvgIpc) is 2.39. The SMILES string of the molecule is Cc1cc(Oc2cnccc2CN)ccc1C(C)C. The van der Waals surface area contributed by atoms with Crippen molar-refractivity contribution in [2.24, 2.45) is 5.73 Å². The van der Waals surface area contributed by atoms with Gasteiger partial charge >= 0.3 is 0 Å². The number of hydrogen-bond donors (Lipinski definition) is 1. The highest BCUT2D eigenvalue weighted by Gasteiger charge is 2.07. The van der Waals surface area contributed by atoms with Gasteiger partial charge in [-0.15, -0.1) is 0 Å². The minimum absolute atomic E-state index is 0.445. The third-order valence-electron chi connectivity index (χ3n) is 3.18. The molecule has 0 atom stereocenters. The van der Waals surface area contributed by atoms with Crippen molar-refractivity contribution in [3.63, 3.8) is 0 Å². The molecule has 2 rings (SSSR count). The number of benzene rings is 1. The molecule has 0 fully saturated rings. The number of aromatic nitrogens is 1. The van der Waals surface area contributed by atoms with Gasteiger partial charge in [-0.1, -0.05) is 19.9 Å². The highest BCUT2D eigenvalue weighted by atomic mass is 16.5. The van der Waals surface area contributed by atoms with Crippen LogP contribution < -0.4 is 10.5 Å². The zero-order valence-electron chi connectivity index (χ0n) is 11.7. The van der Waals surface area contributed by atoms with Gasteiger partial charge in [0.2, 0.25) is 0 Å². The maximum absolute atomic E-state index is 5.87. The maximum atomic E-state index is 5.87. The Balaban J connectivity index is 2.26. The number of hydrogen-bond acceptors (Lipinski definition) is 3. The standard InChI is InChI=1S/C16H20N2O/c1-11(2)15-5-4-14(8-12(15)3)19-16-10-18-7-6-13(16)9-17/h4-8,10-11H,9,17H2,1-3H3. The first-order valence-corrected chi connectivity index (χ1v) is 6.53. The summed E-state index contributed by atoms with van der Waals surface area (Å²) in [5, 5.41) is 0. The van der Waals surface area contributed by atoms with Crippen LogP contribution in [0.5, 0.6) is 11.5 Å². The van der Waals surface area contributed by atoms with Gasteiger partial charge < -0.3 is 10.5 Å². The van der Waals surface area contributed by atoms with E-state index in [-0.39, 0.29) is 0 Å². The predicted octanol–water partition coefficient (Wildman–Crippen LogP) is 3.76. The molecule has 1 aromatic carbocycles. The van der Waals surface area contributed by atoms with E-state index in [0.29, 0.717) is 12.5 Å². The lowest BCUT2D eigenvalue weighted by Crippen LogP contribution is -2.00. The molecule has 0 amide bonds. The summed E-state index contributed by atoms with van der Waals surface area (Å²) in [6.45, 7) is 6.93. The first kappa shape index (κ1) is 13.6. The van der Waals surface area contributed by atoms with Crippen LogP contribution in [0.3, 0.4) is 0 Å². The number of aryl methyl sites for hydroxylation is 1. The first-order valence-electron chi connectivity index (χ1n) is 6.53. The Morgan fingerprint density at radius 3 is 2.68 bits per heavy atom. The zero-order chi connectivity index (χ0) is 13.8. The van der Waals surface area contributed by atoms with Crippen LogP contribution in [0, 0.1) is 6.92 Å². The topological polar surface area (TPSA) is 48.1 Å². The molecule has 2 aromatic rings. The van der Waals surface area contributed by atoms with Gasteiger partial charge in [0, 0.05) is 18.3 Å². The van der Waals surface area contributed by atoms with E-state index in [1.807, 2.05) is 12.1 Å². The van der Waals surface area contributed by atoms with Gasteiger partial charge in [0.1, 0.15) is 11.5 Å². The summed E-state index contributed by atoms with van der Waals surface area (Å²) in [6, 6.07) is 8.05. The Morgan fingerprint density at radius 2 is 2.05 bits per heavy atom. The fourth-order valence-corrected chi connectivity index (χ4v) is 2.16. The monoisotopic (exact) mass is 256 g/mol. The number of rotatable bonds is 4. The summed E-state index contributed by atoms with van der Waals surface area (Å²) in [7, 11) is 0. The number of pyridine rings is 1. The van der Waals surface area contributed by atoms with Crippen molar-refractivity contribution in [2.45, 2.75) is 33.2 Å². The molecule has 0 aliphatic carbocycles. The minimum Gasteiger partial charge on any atom is -0.455 e. The zero-order valence-corrected chi connectivity index (χ0v) is 11.7. The summed E-state index contributed by atoms with van der Waals surface area (Å²) < 4.78 is 5.87. The Morgan fingerprint density at radius 1 is 1.26 bits per heavy atom. The molecule has 0 aliphatic heterocycles. The van der Waals surface area contributed by atoms with Crippen molar-refractivity contribution in [1.82, 2.24) is 4.98 Å². The molecule has 1 heterocycles. The lowest BCUT2D eigenvalue weighted by molar-refractivity contribution is 0.473. The van der Waals surface area contributed by atoms with E-state index in [0.717, 1.165) is 17.1 Å². The Kier molecular flexibility index (Phi) is 4.17. The first-order chi connectivity index (χ1) is 9.11. The molecule has 2 N–H and O–H groups in total. The maximum Gasteiger partial charge on any atom is 0.150 e. The van der Waals surface area contributed by atoms with E-state index in [1.54, 1.807) is 12.4 Å². The van der Waals surface area contributed by atoms with E-state index in [9.17, 15) is 0 Å². The third-order valence-corrected chi connectivity index (χ3v) is 3.18. The fourth-order valence-electron chi connectivity index (χ4n) is 2.16. The average molecular weight is 256 g/mol. The predicted molar refractivity (Wildman–Crippen MR) is 77.5 cm³/mol. The smallest absolute Gasteiger partial charge is 0.150 e. The van der Waals surface area contributed by atoms with Crippen LogP contribution in [-0.4, -0.2) is 4.98 Å². The molecular formula is C16H20N2O. The molecular weight excluding hydrogens is 236 g/mol. The third kappa shape index (κ3) is 3.12. The summed E-state index contributed by atoms with van der Waals surface area (Å²) in [5.41, 5.74) is 9.24. The van der Waals surface area contributed by atoms with Crippen molar-refractivity contribution in [3.05, 3.63) is 53.3 Å². The van der Waals surface area contributed by atoms with Crippen LogP contribution in [0.4, 0.5) is 0 Å². The molecule has 0 bridgehead atoms. The summed E-state index contributed by atoms with van der Waals surface area (Å²) in [6.07, 6.45) is 3.43. The van der Waals surface area contributed by atoms with E-state index >= 15 is 0 Å². The minimum atomic E-state index is 0.445. The molecule has 0 unspecified atom stereocenters. The largest absolute Gasteiger partial charge is 0.455 e. The molecule has 0 saturated carbocycles. The van der Waals surface area contributed by atoms with E-state index in [1.165, 1.54) is 11.1 Å². The number of nitrogens with zero attached hydrogens (tertiary/aromatic N) is 1. The fraction of sp³-hybridized carbons (Fsp3) is 0.312. The molecule has 0 saturated heterocycles. The van der Waals surface area contributed by atoms with Gasteiger partial charge in [-0.2, -0.15) is 0 Å². The lowest BCUT2D eigenvalue weighted by atomic mass is 9.98. The molecule has 3 heteroatoms. The van der Waals surface area contributed by atoms with Crippen molar-refractivity contribution in [1.29, 1.82) is 0 Å². The van der Waals surface area contributed by atoms with Crippen LogP contribution in [0.1, 0.15) is 36.5 Å². The molecule has 1 aromatic heterocycles. The van der Waals surface area contributed by atoms with Crippen LogP contribution in [0.25, 0.3) is 0 Å². The van der Waals surface area contributed by atoms with Crippen LogP contribution >= 0.6 is 0 Å². The lowest BCUT2D eigenvalue weighted by Gasteiger charge is -2.13. The van der Waals surface area contributed by atoms with Crippen LogP contribution in [-0.2, 0) is 6.54 Å². The second-order valence-electron chi connectivity index (χ2n) is 4.96. The molecule has 0 radical (unpaired) electrons. The molecule has 19 heavy (non-hydrogen) atoms. The van der Waals surface area contributed by atoms with Crippen molar-refractivity contribution in [2.75, 3.05) is 0 Å². The van der Waals surface area contributed by atoms with Gasteiger partial charge in [0.15, 0.2) is 0 Å². The quantitative estimate of drug-likeness (QED) is 0.906.